The summed E-state index contributed by atoms with van der Waals surface area (Å²) in [5, 5.41) is 0. The number of methoxy groups -OCH3 is 1. The van der Waals surface area contributed by atoms with Gasteiger partial charge in [-0.25, -0.2) is 4.79 Å². The molecule has 2 aromatic carbocycles. The van der Waals surface area contributed by atoms with Gasteiger partial charge in [-0.15, -0.1) is 0 Å². The maximum atomic E-state index is 11.6. The summed E-state index contributed by atoms with van der Waals surface area (Å²) in [6, 6.07) is 17.5. The summed E-state index contributed by atoms with van der Waals surface area (Å²) >= 11 is 0. The van der Waals surface area contributed by atoms with Crippen LogP contribution in [0.15, 0.2) is 66.4 Å². The van der Waals surface area contributed by atoms with E-state index in [1.807, 2.05) is 60.7 Å². The van der Waals surface area contributed by atoms with Crippen molar-refractivity contribution in [3.8, 4) is 5.75 Å². The number of rotatable bonds is 2. The van der Waals surface area contributed by atoms with Crippen LogP contribution in [-0.2, 0) is 9.53 Å². The molecular formula is C18H14O3. The standard InChI is InChI=1S/C18H14O3/c1-20-18(19)12-17-15(13-7-3-2-4-8-13)11-14-9-5-6-10-16(14)21-17/h2-12H,1H3/b17-12-. The first-order valence-electron chi connectivity index (χ1n) is 6.62. The van der Waals surface area contributed by atoms with E-state index in [4.69, 9.17) is 9.47 Å². The van der Waals surface area contributed by atoms with Gasteiger partial charge in [0.15, 0.2) is 0 Å². The Balaban J connectivity index is 2.13. The lowest BCUT2D eigenvalue weighted by Gasteiger charge is -2.20. The van der Waals surface area contributed by atoms with Gasteiger partial charge in [0.2, 0.25) is 0 Å². The molecule has 0 amide bonds. The van der Waals surface area contributed by atoms with E-state index in [9.17, 15) is 4.79 Å². The number of carbonyl (C=O) groups excluding carboxylic acids is 1. The van der Waals surface area contributed by atoms with Crippen molar-refractivity contribution >= 4 is 17.6 Å². The second-order valence-corrected chi connectivity index (χ2v) is 4.60. The molecule has 0 aromatic heterocycles. The second-order valence-electron chi connectivity index (χ2n) is 4.60. The fourth-order valence-electron chi connectivity index (χ4n) is 2.21. The van der Waals surface area contributed by atoms with Crippen LogP contribution in [-0.4, -0.2) is 13.1 Å². The predicted octanol–water partition coefficient (Wildman–Crippen LogP) is 3.68. The molecule has 2 aromatic rings. The Kier molecular flexibility index (Phi) is 3.56. The Labute approximate surface area is 123 Å². The topological polar surface area (TPSA) is 35.5 Å². The van der Waals surface area contributed by atoms with Gasteiger partial charge in [0, 0.05) is 11.1 Å². The maximum absolute atomic E-state index is 11.6. The van der Waals surface area contributed by atoms with Crippen molar-refractivity contribution in [3.63, 3.8) is 0 Å². The van der Waals surface area contributed by atoms with Gasteiger partial charge in [-0.1, -0.05) is 48.5 Å². The molecule has 1 aliphatic heterocycles. The van der Waals surface area contributed by atoms with Crippen molar-refractivity contribution < 1.29 is 14.3 Å². The zero-order valence-corrected chi connectivity index (χ0v) is 11.6. The number of carbonyl (C=O) groups is 1. The molecule has 3 rings (SSSR count). The van der Waals surface area contributed by atoms with E-state index >= 15 is 0 Å². The van der Waals surface area contributed by atoms with Gasteiger partial charge in [-0.2, -0.15) is 0 Å². The molecule has 1 aliphatic rings. The molecule has 0 bridgehead atoms. The van der Waals surface area contributed by atoms with E-state index in [0.29, 0.717) is 5.76 Å². The van der Waals surface area contributed by atoms with Gasteiger partial charge in [-0.05, 0) is 17.7 Å². The summed E-state index contributed by atoms with van der Waals surface area (Å²) in [5.74, 6) is 0.783. The number of hydrogen-bond donors (Lipinski definition) is 0. The van der Waals surface area contributed by atoms with Gasteiger partial charge in [-0.3, -0.25) is 0 Å². The molecule has 0 radical (unpaired) electrons. The zero-order valence-electron chi connectivity index (χ0n) is 11.6. The average molecular weight is 278 g/mol. The lowest BCUT2D eigenvalue weighted by Crippen LogP contribution is -2.08. The van der Waals surface area contributed by atoms with Gasteiger partial charge >= 0.3 is 5.97 Å². The normalized spacial score (nSPS) is 14.9. The van der Waals surface area contributed by atoms with Crippen molar-refractivity contribution in [2.24, 2.45) is 0 Å². The number of hydrogen-bond acceptors (Lipinski definition) is 3. The Bertz CT molecular complexity index is 727. The van der Waals surface area contributed by atoms with Crippen LogP contribution < -0.4 is 4.74 Å². The molecule has 21 heavy (non-hydrogen) atoms. The number of ether oxygens (including phenoxy) is 2. The van der Waals surface area contributed by atoms with E-state index in [-0.39, 0.29) is 0 Å². The van der Waals surface area contributed by atoms with E-state index in [1.54, 1.807) is 0 Å². The third kappa shape index (κ3) is 2.72. The summed E-state index contributed by atoms with van der Waals surface area (Å²) in [6.45, 7) is 0. The first-order chi connectivity index (χ1) is 10.3. The molecule has 0 N–H and O–H groups in total. The van der Waals surface area contributed by atoms with Gasteiger partial charge in [0.25, 0.3) is 0 Å². The summed E-state index contributed by atoms with van der Waals surface area (Å²) in [6.07, 6.45) is 3.39. The van der Waals surface area contributed by atoms with Gasteiger partial charge < -0.3 is 9.47 Å². The molecule has 3 nitrogen and oxygen atoms in total. The largest absolute Gasteiger partial charge is 0.466 e. The van der Waals surface area contributed by atoms with Crippen LogP contribution in [0, 0.1) is 0 Å². The average Bonchev–Trinajstić information content (AvgIpc) is 2.55. The highest BCUT2D eigenvalue weighted by Crippen LogP contribution is 2.36. The first-order valence-corrected chi connectivity index (χ1v) is 6.62. The summed E-state index contributed by atoms with van der Waals surface area (Å²) in [5.41, 5.74) is 2.83. The molecule has 0 saturated heterocycles. The van der Waals surface area contributed by atoms with Crippen LogP contribution in [0.5, 0.6) is 5.75 Å². The molecule has 0 atom stereocenters. The van der Waals surface area contributed by atoms with Crippen LogP contribution in [0.25, 0.3) is 11.6 Å². The molecule has 0 aliphatic carbocycles. The lowest BCUT2D eigenvalue weighted by atomic mass is 9.98. The van der Waals surface area contributed by atoms with Gasteiger partial charge in [0.05, 0.1) is 13.2 Å². The Morgan fingerprint density at radius 2 is 1.76 bits per heavy atom. The Hall–Kier alpha value is -2.81. The highest BCUT2D eigenvalue weighted by molar-refractivity contribution is 5.97. The summed E-state index contributed by atoms with van der Waals surface area (Å²) in [7, 11) is 1.35. The van der Waals surface area contributed by atoms with Crippen LogP contribution in [0.3, 0.4) is 0 Å². The second kappa shape index (κ2) is 5.67. The fourth-order valence-corrected chi connectivity index (χ4v) is 2.21. The molecule has 3 heteroatoms. The SMILES string of the molecule is COC(=O)/C=C1\Oc2ccccc2C=C1c1ccccc1. The molecule has 0 saturated carbocycles. The minimum atomic E-state index is -0.439. The van der Waals surface area contributed by atoms with E-state index in [1.165, 1.54) is 13.2 Å². The third-order valence-corrected chi connectivity index (χ3v) is 3.24. The number of fused-ring (bicyclic) bond motifs is 1. The number of benzene rings is 2. The monoisotopic (exact) mass is 278 g/mol. The highest BCUT2D eigenvalue weighted by atomic mass is 16.5. The van der Waals surface area contributed by atoms with Crippen molar-refractivity contribution in [2.45, 2.75) is 0 Å². The summed E-state index contributed by atoms with van der Waals surface area (Å²) < 4.78 is 10.6. The van der Waals surface area contributed by atoms with Crippen LogP contribution in [0.4, 0.5) is 0 Å². The van der Waals surface area contributed by atoms with Crippen molar-refractivity contribution in [3.05, 3.63) is 77.6 Å². The molecular weight excluding hydrogens is 264 g/mol. The molecule has 1 heterocycles. The van der Waals surface area contributed by atoms with E-state index in [0.717, 1.165) is 22.4 Å². The molecule has 0 spiro atoms. The minimum Gasteiger partial charge on any atom is -0.466 e. The van der Waals surface area contributed by atoms with Gasteiger partial charge in [0.1, 0.15) is 11.5 Å². The number of allylic oxidation sites excluding steroid dienone is 1. The lowest BCUT2D eigenvalue weighted by molar-refractivity contribution is -0.134. The van der Waals surface area contributed by atoms with E-state index in [2.05, 4.69) is 0 Å². The Morgan fingerprint density at radius 3 is 2.52 bits per heavy atom. The van der Waals surface area contributed by atoms with Crippen molar-refractivity contribution in [1.29, 1.82) is 0 Å². The maximum Gasteiger partial charge on any atom is 0.334 e. The first kappa shape index (κ1) is 13.2. The number of para-hydroxylation sites is 1. The smallest absolute Gasteiger partial charge is 0.334 e. The van der Waals surface area contributed by atoms with Crippen LogP contribution in [0.2, 0.25) is 0 Å². The number of esters is 1. The molecule has 0 fully saturated rings. The summed E-state index contributed by atoms with van der Waals surface area (Å²) in [4.78, 5) is 11.6. The molecule has 104 valence electrons. The minimum absolute atomic E-state index is 0.439. The predicted molar refractivity (Wildman–Crippen MR) is 81.5 cm³/mol. The quantitative estimate of drug-likeness (QED) is 0.621. The third-order valence-electron chi connectivity index (χ3n) is 3.24. The zero-order chi connectivity index (χ0) is 14.7. The van der Waals surface area contributed by atoms with Crippen LogP contribution >= 0.6 is 0 Å². The van der Waals surface area contributed by atoms with Crippen molar-refractivity contribution in [1.82, 2.24) is 0 Å². The van der Waals surface area contributed by atoms with Crippen molar-refractivity contribution in [2.75, 3.05) is 7.11 Å². The molecule has 0 unspecified atom stereocenters. The highest BCUT2D eigenvalue weighted by Gasteiger charge is 2.19. The Morgan fingerprint density at radius 1 is 1.05 bits per heavy atom. The van der Waals surface area contributed by atoms with Crippen LogP contribution in [0.1, 0.15) is 11.1 Å². The fraction of sp³-hybridized carbons (Fsp3) is 0.0556. The van der Waals surface area contributed by atoms with E-state index < -0.39 is 5.97 Å².